The Balaban J connectivity index is 1.50. The average Bonchev–Trinajstić information content (AvgIpc) is 2.71. The summed E-state index contributed by atoms with van der Waals surface area (Å²) in [6.07, 6.45) is 0.709. The Kier molecular flexibility index (Phi) is 6.31. The van der Waals surface area contributed by atoms with E-state index in [0.29, 0.717) is 31.1 Å². The van der Waals surface area contributed by atoms with Crippen LogP contribution >= 0.6 is 0 Å². The lowest BCUT2D eigenvalue weighted by molar-refractivity contribution is -0.124. The first-order valence-corrected chi connectivity index (χ1v) is 9.19. The second-order valence-corrected chi connectivity index (χ2v) is 6.53. The van der Waals surface area contributed by atoms with Crippen LogP contribution in [-0.4, -0.2) is 26.2 Å². The first kappa shape index (κ1) is 18.8. The highest BCUT2D eigenvalue weighted by atomic mass is 16.5. The zero-order chi connectivity index (χ0) is 19.1. The molecule has 1 N–H and O–H groups in total. The first-order valence-electron chi connectivity index (χ1n) is 9.19. The van der Waals surface area contributed by atoms with Crippen LogP contribution in [0.1, 0.15) is 12.5 Å². The van der Waals surface area contributed by atoms with Crippen molar-refractivity contribution in [2.75, 3.05) is 20.3 Å². The van der Waals surface area contributed by atoms with E-state index in [4.69, 9.17) is 9.47 Å². The van der Waals surface area contributed by atoms with Gasteiger partial charge in [-0.05, 0) is 34.9 Å². The van der Waals surface area contributed by atoms with Crippen molar-refractivity contribution in [2.45, 2.75) is 13.3 Å². The average molecular weight is 363 g/mol. The van der Waals surface area contributed by atoms with E-state index in [1.165, 1.54) is 16.3 Å². The Morgan fingerprint density at radius 3 is 2.48 bits per heavy atom. The van der Waals surface area contributed by atoms with Crippen molar-refractivity contribution in [2.24, 2.45) is 5.92 Å². The maximum atomic E-state index is 12.4. The fourth-order valence-corrected chi connectivity index (χ4v) is 3.14. The molecule has 4 nitrogen and oxygen atoms in total. The van der Waals surface area contributed by atoms with Crippen LogP contribution in [0.3, 0.4) is 0 Å². The van der Waals surface area contributed by atoms with Crippen LogP contribution in [0, 0.1) is 5.92 Å². The lowest BCUT2D eigenvalue weighted by Gasteiger charge is -2.15. The summed E-state index contributed by atoms with van der Waals surface area (Å²) in [7, 11) is 1.61. The Morgan fingerprint density at radius 2 is 1.67 bits per heavy atom. The van der Waals surface area contributed by atoms with Gasteiger partial charge in [0.05, 0.1) is 13.7 Å². The van der Waals surface area contributed by atoms with Gasteiger partial charge in [-0.15, -0.1) is 0 Å². The second-order valence-electron chi connectivity index (χ2n) is 6.53. The van der Waals surface area contributed by atoms with Gasteiger partial charge in [0.1, 0.15) is 6.61 Å². The number of nitrogens with one attached hydrogen (secondary N) is 1. The summed E-state index contributed by atoms with van der Waals surface area (Å²) in [5, 5.41) is 5.36. The molecule has 0 aromatic heterocycles. The largest absolute Gasteiger partial charge is 0.493 e. The molecule has 27 heavy (non-hydrogen) atoms. The SMILES string of the molecule is COc1ccccc1OCCNC(=O)[C@@H](C)Cc1cccc2ccccc12. The highest BCUT2D eigenvalue weighted by molar-refractivity contribution is 5.86. The zero-order valence-corrected chi connectivity index (χ0v) is 15.8. The van der Waals surface area contributed by atoms with Crippen LogP contribution < -0.4 is 14.8 Å². The first-order chi connectivity index (χ1) is 13.2. The van der Waals surface area contributed by atoms with E-state index in [1.54, 1.807) is 7.11 Å². The lowest BCUT2D eigenvalue weighted by Crippen LogP contribution is -2.33. The molecule has 4 heteroatoms. The molecule has 0 aliphatic rings. The van der Waals surface area contributed by atoms with Crippen molar-refractivity contribution in [3.63, 3.8) is 0 Å². The standard InChI is InChI=1S/C23H25NO3/c1-17(16-19-10-7-9-18-8-3-4-11-20(18)19)23(25)24-14-15-27-22-13-6-5-12-21(22)26-2/h3-13,17H,14-16H2,1-2H3,(H,24,25)/t17-/m0/s1. The summed E-state index contributed by atoms with van der Waals surface area (Å²) >= 11 is 0. The molecule has 1 amide bonds. The highest BCUT2D eigenvalue weighted by Crippen LogP contribution is 2.25. The molecule has 0 aliphatic carbocycles. The van der Waals surface area contributed by atoms with Gasteiger partial charge in [-0.2, -0.15) is 0 Å². The molecular weight excluding hydrogens is 338 g/mol. The van der Waals surface area contributed by atoms with Gasteiger partial charge in [0.25, 0.3) is 0 Å². The van der Waals surface area contributed by atoms with Crippen LogP contribution in [0.5, 0.6) is 11.5 Å². The third kappa shape index (κ3) is 4.79. The van der Waals surface area contributed by atoms with Crippen LogP contribution in [0.15, 0.2) is 66.7 Å². The maximum absolute atomic E-state index is 12.4. The smallest absolute Gasteiger partial charge is 0.223 e. The maximum Gasteiger partial charge on any atom is 0.223 e. The quantitative estimate of drug-likeness (QED) is 0.610. The fraction of sp³-hybridized carbons (Fsp3) is 0.261. The van der Waals surface area contributed by atoms with E-state index in [1.807, 2.05) is 49.4 Å². The number of hydrogen-bond acceptors (Lipinski definition) is 3. The number of fused-ring (bicyclic) bond motifs is 1. The van der Waals surface area contributed by atoms with E-state index in [9.17, 15) is 4.79 Å². The number of hydrogen-bond donors (Lipinski definition) is 1. The molecule has 140 valence electrons. The topological polar surface area (TPSA) is 47.6 Å². The number of carbonyl (C=O) groups is 1. The van der Waals surface area contributed by atoms with Crippen molar-refractivity contribution in [1.82, 2.24) is 5.32 Å². The Hall–Kier alpha value is -3.01. The highest BCUT2D eigenvalue weighted by Gasteiger charge is 2.14. The number of methoxy groups -OCH3 is 1. The Morgan fingerprint density at radius 1 is 0.963 bits per heavy atom. The molecule has 1 atom stereocenters. The molecule has 3 rings (SSSR count). The predicted molar refractivity (Wildman–Crippen MR) is 108 cm³/mol. The molecular formula is C23H25NO3. The molecule has 0 saturated heterocycles. The number of amides is 1. The van der Waals surface area contributed by atoms with Crippen molar-refractivity contribution in [3.8, 4) is 11.5 Å². The van der Waals surface area contributed by atoms with Gasteiger partial charge in [-0.3, -0.25) is 4.79 Å². The normalized spacial score (nSPS) is 11.8. The van der Waals surface area contributed by atoms with E-state index < -0.39 is 0 Å². The molecule has 0 saturated carbocycles. The predicted octanol–water partition coefficient (Wildman–Crippen LogP) is 4.22. The fourth-order valence-electron chi connectivity index (χ4n) is 3.14. The number of rotatable bonds is 8. The van der Waals surface area contributed by atoms with Gasteiger partial charge in [0, 0.05) is 5.92 Å². The molecule has 0 radical (unpaired) electrons. The van der Waals surface area contributed by atoms with Gasteiger partial charge in [0.2, 0.25) is 5.91 Å². The molecule has 0 heterocycles. The summed E-state index contributed by atoms with van der Waals surface area (Å²) in [6.45, 7) is 2.81. The molecule has 3 aromatic carbocycles. The lowest BCUT2D eigenvalue weighted by atomic mass is 9.95. The van der Waals surface area contributed by atoms with Crippen molar-refractivity contribution in [3.05, 3.63) is 72.3 Å². The number of benzene rings is 3. The van der Waals surface area contributed by atoms with Crippen LogP contribution in [-0.2, 0) is 11.2 Å². The number of carbonyl (C=O) groups excluding carboxylic acids is 1. The molecule has 0 unspecified atom stereocenters. The summed E-state index contributed by atoms with van der Waals surface area (Å²) in [6, 6.07) is 22.0. The summed E-state index contributed by atoms with van der Waals surface area (Å²) < 4.78 is 10.9. The van der Waals surface area contributed by atoms with Gasteiger partial charge in [-0.25, -0.2) is 0 Å². The van der Waals surface area contributed by atoms with Crippen LogP contribution in [0.25, 0.3) is 10.8 Å². The Labute approximate surface area is 160 Å². The third-order valence-corrected chi connectivity index (χ3v) is 4.58. The minimum Gasteiger partial charge on any atom is -0.493 e. The second kappa shape index (κ2) is 9.08. The molecule has 3 aromatic rings. The minimum atomic E-state index is -0.109. The van der Waals surface area contributed by atoms with E-state index >= 15 is 0 Å². The van der Waals surface area contributed by atoms with Gasteiger partial charge < -0.3 is 14.8 Å². The van der Waals surface area contributed by atoms with Crippen molar-refractivity contribution < 1.29 is 14.3 Å². The van der Waals surface area contributed by atoms with E-state index in [0.717, 1.165) is 0 Å². The summed E-state index contributed by atoms with van der Waals surface area (Å²) in [4.78, 5) is 12.4. The van der Waals surface area contributed by atoms with Crippen LogP contribution in [0.2, 0.25) is 0 Å². The van der Waals surface area contributed by atoms with E-state index in [2.05, 4.69) is 29.6 Å². The molecule has 0 fully saturated rings. The van der Waals surface area contributed by atoms with Crippen LogP contribution in [0.4, 0.5) is 0 Å². The van der Waals surface area contributed by atoms with Crippen molar-refractivity contribution >= 4 is 16.7 Å². The van der Waals surface area contributed by atoms with Gasteiger partial charge in [0.15, 0.2) is 11.5 Å². The zero-order valence-electron chi connectivity index (χ0n) is 15.8. The Bertz CT molecular complexity index is 902. The monoisotopic (exact) mass is 363 g/mol. The van der Waals surface area contributed by atoms with E-state index in [-0.39, 0.29) is 11.8 Å². The third-order valence-electron chi connectivity index (χ3n) is 4.58. The number of ether oxygens (including phenoxy) is 2. The summed E-state index contributed by atoms with van der Waals surface area (Å²) in [5.41, 5.74) is 1.20. The molecule has 0 bridgehead atoms. The molecule has 0 aliphatic heterocycles. The molecule has 0 spiro atoms. The van der Waals surface area contributed by atoms with Gasteiger partial charge >= 0.3 is 0 Å². The van der Waals surface area contributed by atoms with Crippen molar-refractivity contribution in [1.29, 1.82) is 0 Å². The summed E-state index contributed by atoms with van der Waals surface area (Å²) in [5.74, 6) is 1.29. The number of para-hydroxylation sites is 2. The van der Waals surface area contributed by atoms with Gasteiger partial charge in [-0.1, -0.05) is 61.5 Å². The minimum absolute atomic E-state index is 0.0339.